The number of ether oxygens (including phenoxy) is 1. The molecule has 0 fully saturated rings. The summed E-state index contributed by atoms with van der Waals surface area (Å²) in [6.45, 7) is 1.98. The Balaban J connectivity index is 1.43. The average molecular weight is 505 g/mol. The Morgan fingerprint density at radius 2 is 1.71 bits per heavy atom. The molecule has 1 aliphatic heterocycles. The summed E-state index contributed by atoms with van der Waals surface area (Å²) in [6, 6.07) is 22.8. The highest BCUT2D eigenvalue weighted by atomic mass is 19.2. The Morgan fingerprint density at radius 3 is 2.45 bits per heavy atom. The molecule has 0 saturated carbocycles. The van der Waals surface area contributed by atoms with E-state index in [4.69, 9.17) is 4.74 Å². The van der Waals surface area contributed by atoms with Crippen LogP contribution in [0.2, 0.25) is 0 Å². The van der Waals surface area contributed by atoms with Crippen molar-refractivity contribution in [1.82, 2.24) is 19.5 Å². The zero-order valence-corrected chi connectivity index (χ0v) is 20.7. The van der Waals surface area contributed by atoms with E-state index in [9.17, 15) is 8.63 Å². The minimum Gasteiger partial charge on any atom is -0.497 e. The van der Waals surface area contributed by atoms with Crippen LogP contribution in [0.4, 0.5) is 8.63 Å². The van der Waals surface area contributed by atoms with Gasteiger partial charge in [0.1, 0.15) is 17.3 Å². The molecule has 2 aromatic heterocycles. The first-order chi connectivity index (χ1) is 18.5. The first-order valence-electron chi connectivity index (χ1n) is 12.0. The van der Waals surface area contributed by atoms with Crippen LogP contribution in [0.3, 0.4) is 0 Å². The van der Waals surface area contributed by atoms with Crippen LogP contribution in [0.15, 0.2) is 102 Å². The van der Waals surface area contributed by atoms with E-state index in [1.54, 1.807) is 37.7 Å². The monoisotopic (exact) mass is 505 g/mol. The smallest absolute Gasteiger partial charge is 0.497 e. The molecule has 9 heteroatoms. The fourth-order valence-electron chi connectivity index (χ4n) is 4.65. The average Bonchev–Trinajstić information content (AvgIpc) is 3.71. The number of allylic oxidation sites excluding steroid dienone is 2. The molecule has 0 atom stereocenters. The lowest BCUT2D eigenvalue weighted by Crippen LogP contribution is -2.20. The van der Waals surface area contributed by atoms with E-state index in [0.717, 1.165) is 37.7 Å². The molecule has 5 aromatic rings. The van der Waals surface area contributed by atoms with Gasteiger partial charge in [-0.3, -0.25) is 13.6 Å². The minimum absolute atomic E-state index is 0.204. The summed E-state index contributed by atoms with van der Waals surface area (Å²) in [5, 5.41) is 10.5. The van der Waals surface area contributed by atoms with Gasteiger partial charge < -0.3 is 9.21 Å². The summed E-state index contributed by atoms with van der Waals surface area (Å²) < 4.78 is 36.9. The number of aryl methyl sites for hydroxylation is 1. The highest BCUT2D eigenvalue weighted by Gasteiger charge is 2.28. The molecule has 6 rings (SSSR count). The lowest BCUT2D eigenvalue weighted by Gasteiger charge is -2.15. The molecular weight excluding hydrogens is 483 g/mol. The van der Waals surface area contributed by atoms with Crippen LogP contribution in [0.1, 0.15) is 16.8 Å². The van der Waals surface area contributed by atoms with E-state index >= 15 is 0 Å². The van der Waals surface area contributed by atoms with Crippen molar-refractivity contribution in [1.29, 1.82) is 0 Å². The van der Waals surface area contributed by atoms with Gasteiger partial charge in [-0.25, -0.2) is 4.68 Å². The predicted octanol–water partition coefficient (Wildman–Crippen LogP) is 6.38. The number of methoxy groups -OCH3 is 1. The standard InChI is InChI=1S/C29H22BF2N5O/c1-19-5-7-20(8-6-19)29(25-4-3-15-33-25)27-13-14-28(37(27)30(31)32)36-18-26(34-35-36)23-10-9-22-17-24(38-2)12-11-21(22)16-23/h3-18H,1-2H3/b29-25-. The van der Waals surface area contributed by atoms with Crippen LogP contribution < -0.4 is 4.74 Å². The van der Waals surface area contributed by atoms with Gasteiger partial charge in [0, 0.05) is 23.0 Å². The van der Waals surface area contributed by atoms with E-state index in [2.05, 4.69) is 15.3 Å². The third-order valence-corrected chi connectivity index (χ3v) is 6.57. The van der Waals surface area contributed by atoms with Crippen molar-refractivity contribution in [2.24, 2.45) is 4.99 Å². The molecule has 6 nitrogen and oxygen atoms in total. The molecule has 0 saturated heterocycles. The summed E-state index contributed by atoms with van der Waals surface area (Å²) in [5.74, 6) is 0.981. The predicted molar refractivity (Wildman–Crippen MR) is 147 cm³/mol. The van der Waals surface area contributed by atoms with Gasteiger partial charge >= 0.3 is 7.40 Å². The topological polar surface area (TPSA) is 57.2 Å². The number of rotatable bonds is 6. The minimum atomic E-state index is -2.81. The number of fused-ring (bicyclic) bond motifs is 1. The SMILES string of the molecule is COc1ccc2cc(-c3cn(-c4ccc(/C(=C5/C=CC=N5)c5ccc(C)cc5)n4B(F)F)nn3)ccc2c1. The molecule has 3 aromatic carbocycles. The van der Waals surface area contributed by atoms with Crippen LogP contribution in [0, 0.1) is 6.92 Å². The van der Waals surface area contributed by atoms with Crippen LogP contribution in [0.25, 0.3) is 33.4 Å². The summed E-state index contributed by atoms with van der Waals surface area (Å²) >= 11 is 0. The Hall–Kier alpha value is -4.79. The third kappa shape index (κ3) is 4.22. The molecule has 0 spiro atoms. The maximum absolute atomic E-state index is 14.6. The fraction of sp³-hybridized carbons (Fsp3) is 0.0690. The van der Waals surface area contributed by atoms with Gasteiger partial charge in [-0.15, -0.1) is 5.10 Å². The number of aromatic nitrogens is 4. The molecule has 0 amide bonds. The fourth-order valence-corrected chi connectivity index (χ4v) is 4.65. The maximum atomic E-state index is 14.6. The number of hydrogen-bond acceptors (Lipinski definition) is 4. The van der Waals surface area contributed by atoms with Gasteiger partial charge in [0.2, 0.25) is 0 Å². The van der Waals surface area contributed by atoms with E-state index in [-0.39, 0.29) is 5.82 Å². The second-order valence-corrected chi connectivity index (χ2v) is 8.96. The molecule has 0 N–H and O–H groups in total. The van der Waals surface area contributed by atoms with Crippen LogP contribution in [-0.4, -0.2) is 40.2 Å². The van der Waals surface area contributed by atoms with Gasteiger partial charge in [0.05, 0.1) is 19.0 Å². The van der Waals surface area contributed by atoms with Crippen molar-refractivity contribution < 1.29 is 13.4 Å². The maximum Gasteiger partial charge on any atom is 0.679 e. The number of benzene rings is 3. The number of hydrogen-bond donors (Lipinski definition) is 0. The normalized spacial score (nSPS) is 13.9. The zero-order valence-electron chi connectivity index (χ0n) is 20.7. The molecule has 3 heterocycles. The number of nitrogens with zero attached hydrogens (tertiary/aromatic N) is 5. The largest absolute Gasteiger partial charge is 0.679 e. The van der Waals surface area contributed by atoms with E-state index in [0.29, 0.717) is 22.7 Å². The van der Waals surface area contributed by atoms with Gasteiger partial charge in [-0.05, 0) is 65.7 Å². The van der Waals surface area contributed by atoms with Gasteiger partial charge in [0.25, 0.3) is 0 Å². The van der Waals surface area contributed by atoms with E-state index < -0.39 is 7.40 Å². The molecule has 0 bridgehead atoms. The van der Waals surface area contributed by atoms with Crippen molar-refractivity contribution in [3.63, 3.8) is 0 Å². The van der Waals surface area contributed by atoms with Gasteiger partial charge in [-0.1, -0.05) is 53.2 Å². The molecule has 0 unspecified atom stereocenters. The first kappa shape index (κ1) is 23.6. The Kier molecular flexibility index (Phi) is 5.96. The summed E-state index contributed by atoms with van der Waals surface area (Å²) in [6.07, 6.45) is 6.93. The highest BCUT2D eigenvalue weighted by Crippen LogP contribution is 2.33. The summed E-state index contributed by atoms with van der Waals surface area (Å²) in [7, 11) is -1.18. The molecule has 1 aliphatic rings. The Morgan fingerprint density at radius 1 is 0.921 bits per heavy atom. The second kappa shape index (κ2) is 9.59. The molecule has 38 heavy (non-hydrogen) atoms. The van der Waals surface area contributed by atoms with E-state index in [1.165, 1.54) is 4.68 Å². The van der Waals surface area contributed by atoms with Crippen molar-refractivity contribution in [2.45, 2.75) is 6.92 Å². The van der Waals surface area contributed by atoms with Crippen LogP contribution in [0.5, 0.6) is 5.75 Å². The van der Waals surface area contributed by atoms with Crippen LogP contribution >= 0.6 is 0 Å². The first-order valence-corrected chi connectivity index (χ1v) is 12.0. The van der Waals surface area contributed by atoms with Crippen LogP contribution in [-0.2, 0) is 0 Å². The quantitative estimate of drug-likeness (QED) is 0.252. The van der Waals surface area contributed by atoms with Crippen molar-refractivity contribution in [2.75, 3.05) is 7.11 Å². The second-order valence-electron chi connectivity index (χ2n) is 8.96. The molecular formula is C29H22BF2N5O. The molecule has 0 radical (unpaired) electrons. The Bertz CT molecular complexity index is 1730. The van der Waals surface area contributed by atoms with Crippen molar-refractivity contribution in [3.8, 4) is 22.8 Å². The number of aliphatic imine (C=N–C) groups is 1. The van der Waals surface area contributed by atoms with Crippen molar-refractivity contribution >= 4 is 30.0 Å². The highest BCUT2D eigenvalue weighted by molar-refractivity contribution is 6.42. The van der Waals surface area contributed by atoms with Crippen molar-refractivity contribution in [3.05, 3.63) is 114 Å². The van der Waals surface area contributed by atoms with Gasteiger partial charge in [0.15, 0.2) is 0 Å². The molecule has 186 valence electrons. The summed E-state index contributed by atoms with van der Waals surface area (Å²) in [5.41, 5.74) is 4.86. The Labute approximate surface area is 218 Å². The third-order valence-electron chi connectivity index (χ3n) is 6.57. The molecule has 0 aliphatic carbocycles. The zero-order chi connectivity index (χ0) is 26.2. The lowest BCUT2D eigenvalue weighted by atomic mass is 9.98. The number of halogens is 2. The van der Waals surface area contributed by atoms with Gasteiger partial charge in [-0.2, -0.15) is 0 Å². The lowest BCUT2D eigenvalue weighted by molar-refractivity contribution is 0.415. The summed E-state index contributed by atoms with van der Waals surface area (Å²) in [4.78, 5) is 4.42. The van der Waals surface area contributed by atoms with E-state index in [1.807, 2.05) is 73.7 Å².